The van der Waals surface area contributed by atoms with Gasteiger partial charge in [-0.3, -0.25) is 0 Å². The SMILES string of the molecule is CCCCOC1CCC(c2ccc(OC(=O)c3ccc(-c4ccc(OCC)c(F)c4F)cc3)c(F)c2F)CC1. The number of carbonyl (C=O) groups is 1. The maximum Gasteiger partial charge on any atom is 0.343 e. The van der Waals surface area contributed by atoms with Crippen molar-refractivity contribution in [2.24, 2.45) is 0 Å². The van der Waals surface area contributed by atoms with E-state index in [9.17, 15) is 22.4 Å². The molecule has 0 amide bonds. The summed E-state index contributed by atoms with van der Waals surface area (Å²) in [4.78, 5) is 12.6. The van der Waals surface area contributed by atoms with Crippen LogP contribution in [0.5, 0.6) is 11.5 Å². The first kappa shape index (κ1) is 28.6. The van der Waals surface area contributed by atoms with Crippen LogP contribution in [0.2, 0.25) is 0 Å². The van der Waals surface area contributed by atoms with E-state index in [1.54, 1.807) is 6.92 Å². The van der Waals surface area contributed by atoms with Crippen molar-refractivity contribution in [1.82, 2.24) is 0 Å². The van der Waals surface area contributed by atoms with Gasteiger partial charge in [-0.25, -0.2) is 13.6 Å². The number of esters is 1. The van der Waals surface area contributed by atoms with Crippen molar-refractivity contribution < 1.29 is 36.6 Å². The topological polar surface area (TPSA) is 44.8 Å². The van der Waals surface area contributed by atoms with Gasteiger partial charge in [0, 0.05) is 12.2 Å². The van der Waals surface area contributed by atoms with Gasteiger partial charge >= 0.3 is 5.97 Å². The zero-order valence-corrected chi connectivity index (χ0v) is 22.1. The number of hydrogen-bond donors (Lipinski definition) is 0. The highest BCUT2D eigenvalue weighted by Gasteiger charge is 2.27. The highest BCUT2D eigenvalue weighted by molar-refractivity contribution is 5.91. The van der Waals surface area contributed by atoms with Crippen LogP contribution in [0.15, 0.2) is 48.5 Å². The van der Waals surface area contributed by atoms with Gasteiger partial charge in [-0.05, 0) is 86.4 Å². The van der Waals surface area contributed by atoms with E-state index in [0.29, 0.717) is 25.0 Å². The van der Waals surface area contributed by atoms with Gasteiger partial charge in [0.2, 0.25) is 11.6 Å². The van der Waals surface area contributed by atoms with Gasteiger partial charge in [-0.2, -0.15) is 8.78 Å². The summed E-state index contributed by atoms with van der Waals surface area (Å²) >= 11 is 0. The summed E-state index contributed by atoms with van der Waals surface area (Å²) in [6.45, 7) is 4.67. The number of hydrogen-bond acceptors (Lipinski definition) is 4. The van der Waals surface area contributed by atoms with E-state index in [1.165, 1.54) is 48.5 Å². The molecule has 208 valence electrons. The first-order chi connectivity index (χ1) is 18.8. The Balaban J connectivity index is 1.41. The summed E-state index contributed by atoms with van der Waals surface area (Å²) in [5.41, 5.74) is 0.614. The fraction of sp³-hybridized carbons (Fsp3) is 0.387. The maximum atomic E-state index is 15.0. The second-order valence-corrected chi connectivity index (χ2v) is 9.62. The number of benzene rings is 3. The van der Waals surface area contributed by atoms with Crippen LogP contribution in [-0.2, 0) is 4.74 Å². The maximum absolute atomic E-state index is 15.0. The molecule has 1 aliphatic carbocycles. The molecule has 0 heterocycles. The zero-order valence-electron chi connectivity index (χ0n) is 22.1. The Morgan fingerprint density at radius 3 is 2.13 bits per heavy atom. The number of halogens is 4. The molecule has 0 unspecified atom stereocenters. The van der Waals surface area contributed by atoms with Crippen LogP contribution in [0.1, 0.15) is 74.2 Å². The van der Waals surface area contributed by atoms with Gasteiger partial charge in [0.1, 0.15) is 0 Å². The van der Waals surface area contributed by atoms with Crippen molar-refractivity contribution in [3.05, 3.63) is 82.9 Å². The minimum Gasteiger partial charge on any atom is -0.491 e. The molecule has 0 spiro atoms. The lowest BCUT2D eigenvalue weighted by Crippen LogP contribution is -2.22. The van der Waals surface area contributed by atoms with Crippen LogP contribution in [0, 0.1) is 23.3 Å². The molecule has 0 bridgehead atoms. The molecule has 8 heteroatoms. The third kappa shape index (κ3) is 6.61. The molecule has 0 radical (unpaired) electrons. The van der Waals surface area contributed by atoms with Crippen LogP contribution in [0.3, 0.4) is 0 Å². The third-order valence-electron chi connectivity index (χ3n) is 7.02. The summed E-state index contributed by atoms with van der Waals surface area (Å²) in [6, 6.07) is 11.0. The van der Waals surface area contributed by atoms with Gasteiger partial charge in [0.15, 0.2) is 23.1 Å². The van der Waals surface area contributed by atoms with E-state index in [4.69, 9.17) is 14.2 Å². The molecular formula is C31H32F4O4. The predicted octanol–water partition coefficient (Wildman–Crippen LogP) is 8.37. The summed E-state index contributed by atoms with van der Waals surface area (Å²) in [6.07, 6.45) is 5.18. The molecule has 4 rings (SSSR count). The van der Waals surface area contributed by atoms with Crippen molar-refractivity contribution in [2.75, 3.05) is 13.2 Å². The molecule has 1 fully saturated rings. The smallest absolute Gasteiger partial charge is 0.343 e. The van der Waals surface area contributed by atoms with Gasteiger partial charge < -0.3 is 14.2 Å². The van der Waals surface area contributed by atoms with Gasteiger partial charge in [-0.1, -0.05) is 31.5 Å². The normalized spacial score (nSPS) is 17.2. The molecule has 3 aromatic rings. The molecule has 3 aromatic carbocycles. The summed E-state index contributed by atoms with van der Waals surface area (Å²) in [5.74, 6) is -6.15. The molecule has 0 atom stereocenters. The van der Waals surface area contributed by atoms with E-state index in [0.717, 1.165) is 25.7 Å². The van der Waals surface area contributed by atoms with Gasteiger partial charge in [-0.15, -0.1) is 0 Å². The van der Waals surface area contributed by atoms with E-state index in [1.807, 2.05) is 0 Å². The fourth-order valence-corrected chi connectivity index (χ4v) is 4.84. The Kier molecular flexibility index (Phi) is 9.62. The molecule has 0 aromatic heterocycles. The van der Waals surface area contributed by atoms with Crippen LogP contribution in [0.4, 0.5) is 17.6 Å². The van der Waals surface area contributed by atoms with Crippen molar-refractivity contribution in [1.29, 1.82) is 0 Å². The van der Waals surface area contributed by atoms with Crippen LogP contribution < -0.4 is 9.47 Å². The molecule has 1 saturated carbocycles. The quantitative estimate of drug-likeness (QED) is 0.111. The Morgan fingerprint density at radius 1 is 0.795 bits per heavy atom. The van der Waals surface area contributed by atoms with E-state index >= 15 is 0 Å². The van der Waals surface area contributed by atoms with Gasteiger partial charge in [0.25, 0.3) is 0 Å². The largest absolute Gasteiger partial charge is 0.491 e. The van der Waals surface area contributed by atoms with E-state index in [-0.39, 0.29) is 41.1 Å². The molecule has 0 aliphatic heterocycles. The van der Waals surface area contributed by atoms with Crippen molar-refractivity contribution in [3.8, 4) is 22.6 Å². The third-order valence-corrected chi connectivity index (χ3v) is 7.02. The highest BCUT2D eigenvalue weighted by Crippen LogP contribution is 2.38. The second-order valence-electron chi connectivity index (χ2n) is 9.62. The first-order valence-electron chi connectivity index (χ1n) is 13.4. The minimum absolute atomic E-state index is 0.0128. The first-order valence-corrected chi connectivity index (χ1v) is 13.4. The highest BCUT2D eigenvalue weighted by atomic mass is 19.2. The van der Waals surface area contributed by atoms with Gasteiger partial charge in [0.05, 0.1) is 18.3 Å². The van der Waals surface area contributed by atoms with Crippen LogP contribution >= 0.6 is 0 Å². The minimum atomic E-state index is -1.22. The monoisotopic (exact) mass is 544 g/mol. The summed E-state index contributed by atoms with van der Waals surface area (Å²) in [5, 5.41) is 0. The predicted molar refractivity (Wildman–Crippen MR) is 140 cm³/mol. The molecule has 0 N–H and O–H groups in total. The Labute approximate surface area is 225 Å². The number of ether oxygens (including phenoxy) is 3. The second kappa shape index (κ2) is 13.1. The lowest BCUT2D eigenvalue weighted by molar-refractivity contribution is 0.0230. The molecular weight excluding hydrogens is 512 g/mol. The average Bonchev–Trinajstić information content (AvgIpc) is 2.95. The molecule has 0 saturated heterocycles. The fourth-order valence-electron chi connectivity index (χ4n) is 4.84. The van der Waals surface area contributed by atoms with Crippen molar-refractivity contribution in [3.63, 3.8) is 0 Å². The van der Waals surface area contributed by atoms with E-state index in [2.05, 4.69) is 6.92 Å². The molecule has 4 nitrogen and oxygen atoms in total. The number of unbranched alkanes of at least 4 members (excludes halogenated alkanes) is 1. The van der Waals surface area contributed by atoms with E-state index < -0.39 is 35.0 Å². The molecule has 39 heavy (non-hydrogen) atoms. The van der Waals surface area contributed by atoms with Crippen LogP contribution in [0.25, 0.3) is 11.1 Å². The lowest BCUT2D eigenvalue weighted by Gasteiger charge is -2.29. The van der Waals surface area contributed by atoms with Crippen molar-refractivity contribution in [2.45, 2.75) is 64.4 Å². The Morgan fingerprint density at radius 2 is 1.46 bits per heavy atom. The average molecular weight is 545 g/mol. The molecule has 1 aliphatic rings. The number of rotatable bonds is 10. The summed E-state index contributed by atoms with van der Waals surface area (Å²) < 4.78 is 74.6. The number of carbonyl (C=O) groups excluding carboxylic acids is 1. The zero-order chi connectivity index (χ0) is 27.9. The Bertz CT molecular complexity index is 1280. The standard InChI is InChI=1S/C31H32F4O4/c1-3-5-18-38-22-12-10-20(11-13-22)24-15-17-26(30(35)28(24)33)39-31(36)21-8-6-19(7-9-21)23-14-16-25(37-4-2)29(34)27(23)32/h6-9,14-17,20,22H,3-5,10-13,18H2,1-2H3. The Hall–Kier alpha value is -3.39. The summed E-state index contributed by atoms with van der Waals surface area (Å²) in [7, 11) is 0. The lowest BCUT2D eigenvalue weighted by atomic mass is 9.82. The van der Waals surface area contributed by atoms with Crippen LogP contribution in [-0.4, -0.2) is 25.3 Å². The van der Waals surface area contributed by atoms with Crippen molar-refractivity contribution >= 4 is 5.97 Å².